The summed E-state index contributed by atoms with van der Waals surface area (Å²) >= 11 is 11.4. The molecule has 1 heterocycles. The highest BCUT2D eigenvalue weighted by Gasteiger charge is 2.13. The smallest absolute Gasteiger partial charge is 0.410 e. The van der Waals surface area contributed by atoms with Crippen molar-refractivity contribution in [3.63, 3.8) is 0 Å². The first kappa shape index (κ1) is 14.9. The first-order valence-electron chi connectivity index (χ1n) is 5.21. The Morgan fingerprint density at radius 1 is 1.29 bits per heavy atom. The molecule has 4 N–H and O–H groups in total. The van der Waals surface area contributed by atoms with Gasteiger partial charge >= 0.3 is 11.8 Å². The zero-order valence-corrected chi connectivity index (χ0v) is 11.4. The molecule has 0 unspecified atom stereocenters. The SMILES string of the molecule is O=C(O)Nc1nn(-c2cc(Cl)c(O)c(Cl)c2)c(=O)[nH]c1=O. The number of hydrogen-bond acceptors (Lipinski definition) is 5. The van der Waals surface area contributed by atoms with Crippen molar-refractivity contribution >= 4 is 35.1 Å². The summed E-state index contributed by atoms with van der Waals surface area (Å²) in [6.45, 7) is 0. The Balaban J connectivity index is 2.66. The Bertz CT molecular complexity index is 821. The van der Waals surface area contributed by atoms with Gasteiger partial charge in [0.05, 0.1) is 15.7 Å². The van der Waals surface area contributed by atoms with Crippen molar-refractivity contribution < 1.29 is 15.0 Å². The van der Waals surface area contributed by atoms with Gasteiger partial charge in [0.1, 0.15) is 0 Å². The number of amides is 1. The topological polar surface area (TPSA) is 137 Å². The predicted octanol–water partition coefficient (Wildman–Crippen LogP) is 1.02. The molecule has 0 saturated heterocycles. The molecule has 0 fully saturated rings. The molecule has 11 heteroatoms. The molecule has 21 heavy (non-hydrogen) atoms. The summed E-state index contributed by atoms with van der Waals surface area (Å²) in [4.78, 5) is 35.5. The van der Waals surface area contributed by atoms with Gasteiger partial charge in [0.2, 0.25) is 5.82 Å². The average Bonchev–Trinajstić information content (AvgIpc) is 2.38. The lowest BCUT2D eigenvalue weighted by molar-refractivity contribution is 0.209. The summed E-state index contributed by atoms with van der Waals surface area (Å²) in [6.07, 6.45) is -1.53. The van der Waals surface area contributed by atoms with E-state index < -0.39 is 23.2 Å². The molecular formula is C10H6Cl2N4O5. The molecule has 9 nitrogen and oxygen atoms in total. The van der Waals surface area contributed by atoms with Crippen LogP contribution >= 0.6 is 23.2 Å². The Morgan fingerprint density at radius 2 is 1.86 bits per heavy atom. The van der Waals surface area contributed by atoms with E-state index in [9.17, 15) is 19.5 Å². The number of halogens is 2. The first-order valence-corrected chi connectivity index (χ1v) is 5.97. The van der Waals surface area contributed by atoms with E-state index in [4.69, 9.17) is 28.3 Å². The van der Waals surface area contributed by atoms with E-state index in [1.54, 1.807) is 5.32 Å². The minimum absolute atomic E-state index is 0.0255. The summed E-state index contributed by atoms with van der Waals surface area (Å²) in [5, 5.41) is 23.0. The van der Waals surface area contributed by atoms with E-state index in [1.165, 1.54) is 12.1 Å². The van der Waals surface area contributed by atoms with E-state index in [0.29, 0.717) is 4.68 Å². The fraction of sp³-hybridized carbons (Fsp3) is 0. The third-order valence-electron chi connectivity index (χ3n) is 2.30. The second kappa shape index (κ2) is 5.46. The maximum Gasteiger partial charge on any atom is 0.410 e. The Hall–Kier alpha value is -2.52. The van der Waals surface area contributed by atoms with Gasteiger partial charge in [-0.3, -0.25) is 15.1 Å². The van der Waals surface area contributed by atoms with E-state index >= 15 is 0 Å². The predicted molar refractivity (Wildman–Crippen MR) is 73.8 cm³/mol. The Morgan fingerprint density at radius 3 is 2.38 bits per heavy atom. The lowest BCUT2D eigenvalue weighted by atomic mass is 10.3. The van der Waals surface area contributed by atoms with Crippen molar-refractivity contribution in [2.24, 2.45) is 0 Å². The van der Waals surface area contributed by atoms with Crippen LogP contribution in [0.4, 0.5) is 10.6 Å². The van der Waals surface area contributed by atoms with Crippen molar-refractivity contribution in [2.75, 3.05) is 5.32 Å². The molecule has 1 amide bonds. The van der Waals surface area contributed by atoms with Crippen LogP contribution in [-0.4, -0.2) is 31.1 Å². The number of nitrogens with one attached hydrogen (secondary N) is 2. The number of rotatable bonds is 2. The fourth-order valence-corrected chi connectivity index (χ4v) is 1.91. The number of anilines is 1. The number of aromatic hydroxyl groups is 1. The van der Waals surface area contributed by atoms with Crippen LogP contribution in [0.3, 0.4) is 0 Å². The summed E-state index contributed by atoms with van der Waals surface area (Å²) in [7, 11) is 0. The summed E-state index contributed by atoms with van der Waals surface area (Å²) < 4.78 is 0.671. The standard InChI is InChI=1S/C10H6Cl2N4O5/c11-4-1-3(2-5(12)6(4)17)16-9(19)14-8(18)7(15-16)13-10(20)21/h1-2,17H,(H,13,15)(H,20,21)(H,14,18,19). The fourth-order valence-electron chi connectivity index (χ4n) is 1.43. The third kappa shape index (κ3) is 2.98. The molecule has 110 valence electrons. The van der Waals surface area contributed by atoms with Gasteiger partial charge in [-0.2, -0.15) is 4.68 Å². The molecule has 1 aromatic heterocycles. The highest BCUT2D eigenvalue weighted by molar-refractivity contribution is 6.37. The molecule has 0 saturated carbocycles. The highest BCUT2D eigenvalue weighted by Crippen LogP contribution is 2.33. The van der Waals surface area contributed by atoms with Gasteiger partial charge < -0.3 is 10.2 Å². The molecule has 2 aromatic rings. The van der Waals surface area contributed by atoms with Gasteiger partial charge in [-0.15, -0.1) is 5.10 Å². The molecule has 0 aliphatic rings. The van der Waals surface area contributed by atoms with Gasteiger partial charge in [-0.05, 0) is 12.1 Å². The van der Waals surface area contributed by atoms with Gasteiger partial charge in [-0.25, -0.2) is 9.59 Å². The van der Waals surface area contributed by atoms with E-state index in [0.717, 1.165) is 0 Å². The summed E-state index contributed by atoms with van der Waals surface area (Å²) in [5.74, 6) is -0.995. The average molecular weight is 333 g/mol. The monoisotopic (exact) mass is 332 g/mol. The van der Waals surface area contributed by atoms with E-state index in [-0.39, 0.29) is 21.5 Å². The van der Waals surface area contributed by atoms with Gasteiger partial charge in [-0.1, -0.05) is 23.2 Å². The first-order chi connectivity index (χ1) is 9.79. The lowest BCUT2D eigenvalue weighted by Crippen LogP contribution is -2.34. The van der Waals surface area contributed by atoms with Crippen LogP contribution < -0.4 is 16.6 Å². The number of carboxylic acid groups (broad SMARTS) is 1. The number of aromatic amines is 1. The van der Waals surface area contributed by atoms with Crippen molar-refractivity contribution in [1.29, 1.82) is 0 Å². The van der Waals surface area contributed by atoms with Crippen LogP contribution in [-0.2, 0) is 0 Å². The van der Waals surface area contributed by atoms with Crippen molar-refractivity contribution in [2.45, 2.75) is 0 Å². The summed E-state index contributed by atoms with van der Waals surface area (Å²) in [6, 6.07) is 2.33. The van der Waals surface area contributed by atoms with Crippen LogP contribution in [0, 0.1) is 0 Å². The number of nitrogens with zero attached hydrogens (tertiary/aromatic N) is 2. The zero-order chi connectivity index (χ0) is 15.7. The Labute approximate surface area is 125 Å². The van der Waals surface area contributed by atoms with Crippen LogP contribution in [0.1, 0.15) is 0 Å². The normalized spacial score (nSPS) is 10.4. The number of hydrogen-bond donors (Lipinski definition) is 4. The minimum atomic E-state index is -1.53. The van der Waals surface area contributed by atoms with Crippen LogP contribution in [0.25, 0.3) is 5.69 Å². The zero-order valence-electron chi connectivity index (χ0n) is 9.92. The molecule has 0 radical (unpaired) electrons. The van der Waals surface area contributed by atoms with Crippen molar-refractivity contribution in [3.8, 4) is 11.4 Å². The van der Waals surface area contributed by atoms with Gasteiger partial charge in [0, 0.05) is 0 Å². The number of aromatic nitrogens is 3. The highest BCUT2D eigenvalue weighted by atomic mass is 35.5. The maximum absolute atomic E-state index is 11.7. The lowest BCUT2D eigenvalue weighted by Gasteiger charge is -2.08. The van der Waals surface area contributed by atoms with Crippen LogP contribution in [0.2, 0.25) is 10.0 Å². The molecule has 0 aliphatic carbocycles. The minimum Gasteiger partial charge on any atom is -0.505 e. The third-order valence-corrected chi connectivity index (χ3v) is 2.88. The molecule has 1 aromatic carbocycles. The molecule has 0 spiro atoms. The van der Waals surface area contributed by atoms with Crippen molar-refractivity contribution in [3.05, 3.63) is 43.0 Å². The van der Waals surface area contributed by atoms with Crippen LogP contribution in [0.15, 0.2) is 21.7 Å². The molecular weight excluding hydrogens is 327 g/mol. The van der Waals surface area contributed by atoms with E-state index in [1.807, 2.05) is 4.98 Å². The number of carbonyl (C=O) groups is 1. The van der Waals surface area contributed by atoms with Gasteiger partial charge in [0.25, 0.3) is 5.56 Å². The summed E-state index contributed by atoms with van der Waals surface area (Å²) in [5.41, 5.74) is -1.92. The number of phenolic OH excluding ortho intramolecular Hbond substituents is 1. The second-order valence-corrected chi connectivity index (χ2v) is 4.52. The van der Waals surface area contributed by atoms with Crippen molar-refractivity contribution in [1.82, 2.24) is 14.8 Å². The Kier molecular flexibility index (Phi) is 3.87. The number of phenols is 1. The quantitative estimate of drug-likeness (QED) is 0.647. The number of H-pyrrole nitrogens is 1. The molecule has 2 rings (SSSR count). The molecule has 0 bridgehead atoms. The van der Waals surface area contributed by atoms with Gasteiger partial charge in [0.15, 0.2) is 5.75 Å². The maximum atomic E-state index is 11.7. The van der Waals surface area contributed by atoms with Crippen LogP contribution in [0.5, 0.6) is 5.75 Å². The molecule has 0 aliphatic heterocycles. The molecule has 0 atom stereocenters. The second-order valence-electron chi connectivity index (χ2n) is 3.71. The number of benzene rings is 1. The van der Waals surface area contributed by atoms with E-state index in [2.05, 4.69) is 5.10 Å². The largest absolute Gasteiger partial charge is 0.505 e.